The van der Waals surface area contributed by atoms with Crippen LogP contribution in [0.15, 0.2) is 52.8 Å². The van der Waals surface area contributed by atoms with Crippen molar-refractivity contribution in [1.82, 2.24) is 19.7 Å². The first-order valence-corrected chi connectivity index (χ1v) is 7.98. The first-order chi connectivity index (χ1) is 12.5. The zero-order valence-corrected chi connectivity index (χ0v) is 14.1. The minimum absolute atomic E-state index is 0.447. The van der Waals surface area contributed by atoms with E-state index in [1.165, 1.54) is 12.1 Å². The zero-order chi connectivity index (χ0) is 18.7. The summed E-state index contributed by atoms with van der Waals surface area (Å²) in [5.41, 5.74) is 0.275. The van der Waals surface area contributed by atoms with Crippen molar-refractivity contribution in [3.05, 3.63) is 52.8 Å². The Bertz CT molecular complexity index is 936. The second-order valence-corrected chi connectivity index (χ2v) is 6.01. The number of halogens is 2. The average Bonchev–Trinajstić information content (AvgIpc) is 2.96. The van der Waals surface area contributed by atoms with Crippen molar-refractivity contribution in [1.29, 1.82) is 0 Å². The third-order valence-electron chi connectivity index (χ3n) is 3.33. The molecule has 0 unspecified atom stereocenters. The van der Waals surface area contributed by atoms with Crippen LogP contribution >= 0.6 is 11.8 Å². The molecule has 1 aromatic carbocycles. The van der Waals surface area contributed by atoms with Crippen LogP contribution in [0.1, 0.15) is 0 Å². The lowest BCUT2D eigenvalue weighted by atomic mass is 10.2. The van der Waals surface area contributed by atoms with Gasteiger partial charge in [-0.05, 0) is 30.0 Å². The van der Waals surface area contributed by atoms with E-state index < -0.39 is 23.0 Å². The Kier molecular flexibility index (Phi) is 5.07. The molecule has 0 aliphatic carbocycles. The van der Waals surface area contributed by atoms with Crippen LogP contribution in [0.3, 0.4) is 0 Å². The van der Waals surface area contributed by atoms with Crippen molar-refractivity contribution in [3.8, 4) is 17.1 Å². The Balaban J connectivity index is 1.90. The molecule has 26 heavy (non-hydrogen) atoms. The Morgan fingerprint density at radius 2 is 1.96 bits per heavy atom. The molecule has 0 aliphatic heterocycles. The molecule has 0 radical (unpaired) electrons. The molecule has 3 rings (SSSR count). The summed E-state index contributed by atoms with van der Waals surface area (Å²) in [4.78, 5) is 14.5. The number of nitro groups is 1. The van der Waals surface area contributed by atoms with Gasteiger partial charge in [-0.15, -0.1) is 10.2 Å². The number of ether oxygens (including phenoxy) is 1. The minimum Gasteiger partial charge on any atom is -0.427 e. The summed E-state index contributed by atoms with van der Waals surface area (Å²) in [5, 5.41) is 19.6. The largest absolute Gasteiger partial charge is 0.427 e. The van der Waals surface area contributed by atoms with Gasteiger partial charge in [0, 0.05) is 42.0 Å². The van der Waals surface area contributed by atoms with E-state index in [-0.39, 0.29) is 0 Å². The Hall–Kier alpha value is -3.08. The average molecular weight is 379 g/mol. The number of hydrogen-bond acceptors (Lipinski definition) is 7. The molecule has 0 amide bonds. The van der Waals surface area contributed by atoms with Crippen molar-refractivity contribution >= 4 is 17.4 Å². The highest BCUT2D eigenvalue weighted by Crippen LogP contribution is 2.36. The number of nitrogens with zero attached hydrogens (tertiary/aromatic N) is 5. The van der Waals surface area contributed by atoms with Crippen LogP contribution < -0.4 is 4.74 Å². The molecule has 0 atom stereocenters. The van der Waals surface area contributed by atoms with Crippen molar-refractivity contribution < 1.29 is 18.4 Å². The topological polar surface area (TPSA) is 96.0 Å². The van der Waals surface area contributed by atoms with Gasteiger partial charge in [-0.1, -0.05) is 0 Å². The van der Waals surface area contributed by atoms with Crippen molar-refractivity contribution in [3.63, 3.8) is 0 Å². The van der Waals surface area contributed by atoms with E-state index in [0.29, 0.717) is 15.9 Å². The molecule has 0 fully saturated rings. The van der Waals surface area contributed by atoms with E-state index >= 15 is 0 Å². The molecule has 0 aliphatic rings. The van der Waals surface area contributed by atoms with Crippen molar-refractivity contribution in [2.24, 2.45) is 7.05 Å². The lowest BCUT2D eigenvalue weighted by Crippen LogP contribution is -2.04. The van der Waals surface area contributed by atoms with E-state index in [1.807, 2.05) is 0 Å². The van der Waals surface area contributed by atoms with Crippen molar-refractivity contribution in [2.75, 3.05) is 0 Å². The van der Waals surface area contributed by atoms with Crippen LogP contribution in [0, 0.1) is 10.1 Å². The number of pyridine rings is 1. The first kappa shape index (κ1) is 17.7. The first-order valence-electron chi connectivity index (χ1n) is 7.16. The highest BCUT2D eigenvalue weighted by molar-refractivity contribution is 7.99. The normalized spacial score (nSPS) is 10.9. The second kappa shape index (κ2) is 7.44. The molecule has 2 heterocycles. The Morgan fingerprint density at radius 3 is 2.62 bits per heavy atom. The Morgan fingerprint density at radius 1 is 1.23 bits per heavy atom. The van der Waals surface area contributed by atoms with Gasteiger partial charge in [0.15, 0.2) is 11.0 Å². The van der Waals surface area contributed by atoms with Crippen LogP contribution in [0.4, 0.5) is 14.5 Å². The summed E-state index contributed by atoms with van der Waals surface area (Å²) in [6, 6.07) is 7.27. The van der Waals surface area contributed by atoms with Gasteiger partial charge in [0.1, 0.15) is 0 Å². The monoisotopic (exact) mass is 379 g/mol. The number of aromatic nitrogens is 4. The van der Waals surface area contributed by atoms with E-state index in [0.717, 1.165) is 23.4 Å². The van der Waals surface area contributed by atoms with Gasteiger partial charge >= 0.3 is 12.3 Å². The molecule has 134 valence electrons. The van der Waals surface area contributed by atoms with Gasteiger partial charge in [0.05, 0.1) is 4.92 Å². The molecule has 8 nitrogen and oxygen atoms in total. The molecule has 3 aromatic rings. The predicted molar refractivity (Wildman–Crippen MR) is 88.1 cm³/mol. The fourth-order valence-corrected chi connectivity index (χ4v) is 2.98. The molecule has 11 heteroatoms. The van der Waals surface area contributed by atoms with Crippen molar-refractivity contribution in [2.45, 2.75) is 16.7 Å². The molecule has 2 aromatic heterocycles. The van der Waals surface area contributed by atoms with E-state index in [2.05, 4.69) is 19.9 Å². The lowest BCUT2D eigenvalue weighted by Gasteiger charge is -2.07. The third-order valence-corrected chi connectivity index (χ3v) is 4.35. The standard InChI is InChI=1S/C15H11F2N5O3S/c1-21-13(9-4-6-18-7-5-9)19-20-15(21)26-10-2-3-11(22(23)24)12(8-10)25-14(16)17/h2-8,14H,1H3. The molecular weight excluding hydrogens is 368 g/mol. The van der Waals surface area contributed by atoms with Crippen LogP contribution in [0.25, 0.3) is 11.4 Å². The summed E-state index contributed by atoms with van der Waals surface area (Å²) >= 11 is 1.12. The number of nitro benzene ring substituents is 1. The predicted octanol–water partition coefficient (Wildman–Crippen LogP) is 3.54. The summed E-state index contributed by atoms with van der Waals surface area (Å²) in [6.45, 7) is -3.16. The summed E-state index contributed by atoms with van der Waals surface area (Å²) in [6.07, 6.45) is 3.25. The van der Waals surface area contributed by atoms with Gasteiger partial charge in [-0.2, -0.15) is 8.78 Å². The SMILES string of the molecule is Cn1c(Sc2ccc([N+](=O)[O-])c(OC(F)F)c2)nnc1-c1ccncc1. The quantitative estimate of drug-likeness (QED) is 0.477. The van der Waals surface area contributed by atoms with E-state index in [1.54, 1.807) is 36.1 Å². The molecule has 0 bridgehead atoms. The van der Waals surface area contributed by atoms with Gasteiger partial charge < -0.3 is 9.30 Å². The smallest absolute Gasteiger partial charge is 0.387 e. The van der Waals surface area contributed by atoms with E-state index in [4.69, 9.17) is 0 Å². The highest BCUT2D eigenvalue weighted by Gasteiger charge is 2.20. The number of rotatable bonds is 6. The second-order valence-electron chi connectivity index (χ2n) is 4.97. The van der Waals surface area contributed by atoms with Gasteiger partial charge in [0.2, 0.25) is 5.75 Å². The summed E-state index contributed by atoms with van der Waals surface area (Å²) < 4.78 is 31.0. The van der Waals surface area contributed by atoms with Gasteiger partial charge in [-0.3, -0.25) is 15.1 Å². The van der Waals surface area contributed by atoms with E-state index in [9.17, 15) is 18.9 Å². The Labute approximate surface area is 150 Å². The molecule has 0 N–H and O–H groups in total. The fourth-order valence-electron chi connectivity index (χ4n) is 2.16. The lowest BCUT2D eigenvalue weighted by molar-refractivity contribution is -0.386. The summed E-state index contributed by atoms with van der Waals surface area (Å²) in [5.74, 6) is 0.0902. The molecule has 0 saturated heterocycles. The fraction of sp³-hybridized carbons (Fsp3) is 0.133. The maximum absolute atomic E-state index is 12.5. The minimum atomic E-state index is -3.16. The van der Waals surface area contributed by atoms with Gasteiger partial charge in [-0.25, -0.2) is 0 Å². The molecular formula is C15H11F2N5O3S. The maximum Gasteiger partial charge on any atom is 0.387 e. The van der Waals surface area contributed by atoms with Crippen LogP contribution in [-0.4, -0.2) is 31.3 Å². The highest BCUT2D eigenvalue weighted by atomic mass is 32.2. The maximum atomic E-state index is 12.5. The number of hydrogen-bond donors (Lipinski definition) is 0. The van der Waals surface area contributed by atoms with Crippen LogP contribution in [-0.2, 0) is 7.05 Å². The number of alkyl halides is 2. The molecule has 0 spiro atoms. The van der Waals surface area contributed by atoms with Gasteiger partial charge in [0.25, 0.3) is 0 Å². The molecule has 0 saturated carbocycles. The third kappa shape index (κ3) is 3.77. The zero-order valence-electron chi connectivity index (χ0n) is 13.2. The van der Waals surface area contributed by atoms with Crippen LogP contribution in [0.5, 0.6) is 5.75 Å². The van der Waals surface area contributed by atoms with Crippen LogP contribution in [0.2, 0.25) is 0 Å². The summed E-state index contributed by atoms with van der Waals surface area (Å²) in [7, 11) is 1.75. The number of benzene rings is 1.